The van der Waals surface area contributed by atoms with E-state index in [9.17, 15) is 5.11 Å². The summed E-state index contributed by atoms with van der Waals surface area (Å²) in [7, 11) is 0. The van der Waals surface area contributed by atoms with E-state index >= 15 is 0 Å². The number of rotatable bonds is 1. The summed E-state index contributed by atoms with van der Waals surface area (Å²) in [6.07, 6.45) is 2.40. The highest BCUT2D eigenvalue weighted by atomic mass is 16.4. The van der Waals surface area contributed by atoms with Gasteiger partial charge < -0.3 is 14.4 Å². The molecule has 1 atom stereocenters. The van der Waals surface area contributed by atoms with Gasteiger partial charge in [-0.15, -0.1) is 0 Å². The van der Waals surface area contributed by atoms with E-state index in [0.717, 1.165) is 18.7 Å². The number of oxazole rings is 1. The van der Waals surface area contributed by atoms with Gasteiger partial charge in [0, 0.05) is 6.54 Å². The molecule has 1 aromatic heterocycles. The fraction of sp³-hybridized carbons (Fsp3) is 0.667. The summed E-state index contributed by atoms with van der Waals surface area (Å²) in [6.45, 7) is 5.14. The van der Waals surface area contributed by atoms with Crippen LogP contribution in [-0.4, -0.2) is 28.8 Å². The number of nitrogens with zero attached hydrogens (tertiary/aromatic N) is 2. The van der Waals surface area contributed by atoms with Crippen LogP contribution < -0.4 is 4.90 Å². The zero-order valence-corrected chi connectivity index (χ0v) is 7.95. The van der Waals surface area contributed by atoms with E-state index in [0.29, 0.717) is 12.6 Å². The maximum Gasteiger partial charge on any atom is 0.297 e. The smallest absolute Gasteiger partial charge is 0.297 e. The van der Waals surface area contributed by atoms with Crippen LogP contribution in [0.25, 0.3) is 0 Å². The van der Waals surface area contributed by atoms with E-state index in [1.54, 1.807) is 6.26 Å². The molecule has 72 valence electrons. The van der Waals surface area contributed by atoms with Gasteiger partial charge in [0.1, 0.15) is 6.26 Å². The van der Waals surface area contributed by atoms with Crippen molar-refractivity contribution in [1.82, 2.24) is 4.98 Å². The van der Waals surface area contributed by atoms with Gasteiger partial charge in [0.25, 0.3) is 6.01 Å². The van der Waals surface area contributed by atoms with Gasteiger partial charge in [-0.2, -0.15) is 4.98 Å². The molecule has 0 radical (unpaired) electrons. The average Bonchev–Trinajstić information content (AvgIpc) is 2.56. The maximum absolute atomic E-state index is 9.72. The van der Waals surface area contributed by atoms with E-state index in [4.69, 9.17) is 4.42 Å². The molecular formula is C9H14N2O2. The molecule has 1 fully saturated rings. The Morgan fingerprint density at radius 1 is 1.69 bits per heavy atom. The molecule has 0 spiro atoms. The van der Waals surface area contributed by atoms with Gasteiger partial charge in [0.05, 0.1) is 17.8 Å². The average molecular weight is 182 g/mol. The lowest BCUT2D eigenvalue weighted by molar-refractivity contribution is 0.0836. The van der Waals surface area contributed by atoms with Gasteiger partial charge in [0.15, 0.2) is 0 Å². The minimum Gasteiger partial charge on any atom is -0.432 e. The number of aromatic nitrogens is 1. The van der Waals surface area contributed by atoms with Crippen molar-refractivity contribution in [2.75, 3.05) is 18.0 Å². The fourth-order valence-electron chi connectivity index (χ4n) is 1.60. The SMILES string of the molecule is Cc1coc(N2CCC(C)(O)C2)n1. The Bertz CT molecular complexity index is 306. The molecule has 0 amide bonds. The molecule has 1 saturated heterocycles. The third kappa shape index (κ3) is 1.67. The normalized spacial score (nSPS) is 28.4. The van der Waals surface area contributed by atoms with E-state index in [1.807, 2.05) is 18.7 Å². The molecule has 0 saturated carbocycles. The number of hydrogen-bond donors (Lipinski definition) is 1. The second kappa shape index (κ2) is 2.73. The van der Waals surface area contributed by atoms with Crippen LogP contribution in [0, 0.1) is 6.92 Å². The molecule has 4 heteroatoms. The van der Waals surface area contributed by atoms with Crippen LogP contribution in [0.2, 0.25) is 0 Å². The molecule has 0 bridgehead atoms. The van der Waals surface area contributed by atoms with Crippen molar-refractivity contribution in [2.24, 2.45) is 0 Å². The zero-order chi connectivity index (χ0) is 9.47. The summed E-state index contributed by atoms with van der Waals surface area (Å²) in [4.78, 5) is 6.17. The van der Waals surface area contributed by atoms with Crippen molar-refractivity contribution >= 4 is 6.01 Å². The fourth-order valence-corrected chi connectivity index (χ4v) is 1.60. The van der Waals surface area contributed by atoms with Crippen LogP contribution >= 0.6 is 0 Å². The largest absolute Gasteiger partial charge is 0.432 e. The van der Waals surface area contributed by atoms with Gasteiger partial charge >= 0.3 is 0 Å². The van der Waals surface area contributed by atoms with Crippen LogP contribution in [0.5, 0.6) is 0 Å². The Labute approximate surface area is 77.2 Å². The molecule has 0 aromatic carbocycles. The monoisotopic (exact) mass is 182 g/mol. The summed E-state index contributed by atoms with van der Waals surface area (Å²) in [6, 6.07) is 0.621. The highest BCUT2D eigenvalue weighted by Crippen LogP contribution is 2.25. The predicted molar refractivity (Wildman–Crippen MR) is 48.7 cm³/mol. The third-order valence-electron chi connectivity index (χ3n) is 2.33. The molecule has 1 unspecified atom stereocenters. The van der Waals surface area contributed by atoms with Gasteiger partial charge in [-0.05, 0) is 20.3 Å². The van der Waals surface area contributed by atoms with E-state index in [1.165, 1.54) is 0 Å². The van der Waals surface area contributed by atoms with Crippen molar-refractivity contribution in [3.8, 4) is 0 Å². The third-order valence-corrected chi connectivity index (χ3v) is 2.33. The number of aryl methyl sites for hydroxylation is 1. The summed E-state index contributed by atoms with van der Waals surface area (Å²) >= 11 is 0. The first-order chi connectivity index (χ1) is 6.07. The Morgan fingerprint density at radius 2 is 2.46 bits per heavy atom. The van der Waals surface area contributed by atoms with E-state index < -0.39 is 5.60 Å². The zero-order valence-electron chi connectivity index (χ0n) is 7.95. The second-order valence-corrected chi connectivity index (χ2v) is 3.94. The quantitative estimate of drug-likeness (QED) is 0.702. The van der Waals surface area contributed by atoms with Crippen LogP contribution in [0.1, 0.15) is 19.0 Å². The van der Waals surface area contributed by atoms with Gasteiger partial charge in [-0.1, -0.05) is 0 Å². The molecule has 2 rings (SSSR count). The molecule has 0 aliphatic carbocycles. The Morgan fingerprint density at radius 3 is 2.92 bits per heavy atom. The molecule has 1 aromatic rings. The lowest BCUT2D eigenvalue weighted by Crippen LogP contribution is -2.29. The minimum atomic E-state index is -0.595. The highest BCUT2D eigenvalue weighted by Gasteiger charge is 2.33. The molecule has 13 heavy (non-hydrogen) atoms. The first-order valence-electron chi connectivity index (χ1n) is 4.46. The second-order valence-electron chi connectivity index (χ2n) is 3.94. The first kappa shape index (κ1) is 8.56. The van der Waals surface area contributed by atoms with Crippen molar-refractivity contribution in [3.63, 3.8) is 0 Å². The Hall–Kier alpha value is -1.03. The van der Waals surface area contributed by atoms with E-state index in [-0.39, 0.29) is 0 Å². The topological polar surface area (TPSA) is 49.5 Å². The predicted octanol–water partition coefficient (Wildman–Crippen LogP) is 0.944. The summed E-state index contributed by atoms with van der Waals surface area (Å²) in [5.74, 6) is 0. The van der Waals surface area contributed by atoms with Crippen molar-refractivity contribution in [1.29, 1.82) is 0 Å². The minimum absolute atomic E-state index is 0.595. The van der Waals surface area contributed by atoms with Crippen LogP contribution in [-0.2, 0) is 0 Å². The highest BCUT2D eigenvalue weighted by molar-refractivity contribution is 5.30. The molecule has 1 aliphatic rings. The lowest BCUT2D eigenvalue weighted by atomic mass is 10.1. The molecular weight excluding hydrogens is 168 g/mol. The van der Waals surface area contributed by atoms with Crippen LogP contribution in [0.15, 0.2) is 10.7 Å². The summed E-state index contributed by atoms with van der Waals surface area (Å²) in [5, 5.41) is 9.72. The lowest BCUT2D eigenvalue weighted by Gasteiger charge is -2.16. The van der Waals surface area contributed by atoms with Crippen LogP contribution in [0.3, 0.4) is 0 Å². The van der Waals surface area contributed by atoms with E-state index in [2.05, 4.69) is 4.98 Å². The number of aliphatic hydroxyl groups is 1. The van der Waals surface area contributed by atoms with Crippen molar-refractivity contribution in [2.45, 2.75) is 25.9 Å². The number of β-amino-alcohol motifs (C(OH)–C–C–N with tert-alkyl or cyclic N) is 1. The van der Waals surface area contributed by atoms with Gasteiger partial charge in [0.2, 0.25) is 0 Å². The van der Waals surface area contributed by atoms with Crippen molar-refractivity contribution in [3.05, 3.63) is 12.0 Å². The molecule has 1 aliphatic heterocycles. The van der Waals surface area contributed by atoms with Gasteiger partial charge in [-0.25, -0.2) is 0 Å². The molecule has 4 nitrogen and oxygen atoms in total. The number of anilines is 1. The Kier molecular flexibility index (Phi) is 1.80. The first-order valence-corrected chi connectivity index (χ1v) is 4.46. The van der Waals surface area contributed by atoms with Gasteiger partial charge in [-0.3, -0.25) is 0 Å². The van der Waals surface area contributed by atoms with Crippen LogP contribution in [0.4, 0.5) is 6.01 Å². The molecule has 2 heterocycles. The summed E-state index contributed by atoms with van der Waals surface area (Å²) in [5.41, 5.74) is 0.282. The Balaban J connectivity index is 2.12. The summed E-state index contributed by atoms with van der Waals surface area (Å²) < 4.78 is 5.25. The number of hydrogen-bond acceptors (Lipinski definition) is 4. The standard InChI is InChI=1S/C9H14N2O2/c1-7-5-13-8(10-7)11-4-3-9(2,12)6-11/h5,12H,3-4,6H2,1-2H3. The maximum atomic E-state index is 9.72. The molecule has 1 N–H and O–H groups in total. The van der Waals surface area contributed by atoms with Crippen molar-refractivity contribution < 1.29 is 9.52 Å².